The maximum absolute atomic E-state index is 13.5. The number of nitrogens with zero attached hydrogens (tertiary/aromatic N) is 1. The molecule has 3 aromatic rings. The fourth-order valence-corrected chi connectivity index (χ4v) is 4.67. The van der Waals surface area contributed by atoms with Gasteiger partial charge < -0.3 is 19.3 Å². The first-order valence-corrected chi connectivity index (χ1v) is 12.6. The molecule has 8 heteroatoms. The van der Waals surface area contributed by atoms with E-state index in [1.165, 1.54) is 31.3 Å². The summed E-state index contributed by atoms with van der Waals surface area (Å²) in [5.41, 5.74) is 2.17. The molecule has 0 saturated carbocycles. The number of benzene rings is 3. The van der Waals surface area contributed by atoms with Crippen molar-refractivity contribution in [2.45, 2.75) is 26.8 Å². The number of aryl methyl sites for hydroxylation is 1. The molecule has 7 nitrogen and oxygen atoms in total. The predicted molar refractivity (Wildman–Crippen MR) is 147 cm³/mol. The molecule has 0 radical (unpaired) electrons. The molecule has 38 heavy (non-hydrogen) atoms. The highest BCUT2D eigenvalue weighted by Crippen LogP contribution is 2.45. The Morgan fingerprint density at radius 1 is 1.00 bits per heavy atom. The number of ketones is 1. The van der Waals surface area contributed by atoms with Gasteiger partial charge in [0.05, 0.1) is 43.0 Å². The van der Waals surface area contributed by atoms with Crippen molar-refractivity contribution in [2.75, 3.05) is 25.7 Å². The van der Waals surface area contributed by atoms with Crippen LogP contribution in [-0.2, 0) is 9.59 Å². The Bertz CT molecular complexity index is 1400. The Morgan fingerprint density at radius 3 is 2.26 bits per heavy atom. The summed E-state index contributed by atoms with van der Waals surface area (Å²) >= 11 is 6.26. The Balaban J connectivity index is 1.91. The number of hydrogen-bond acceptors (Lipinski definition) is 6. The lowest BCUT2D eigenvalue weighted by Gasteiger charge is -2.27. The molecule has 198 valence electrons. The minimum absolute atomic E-state index is 0.0629. The minimum atomic E-state index is -0.884. The Kier molecular flexibility index (Phi) is 7.97. The summed E-state index contributed by atoms with van der Waals surface area (Å²) in [6, 6.07) is 16.5. The van der Waals surface area contributed by atoms with Gasteiger partial charge in [0, 0.05) is 11.8 Å². The number of anilines is 1. The molecule has 1 N–H and O–H groups in total. The summed E-state index contributed by atoms with van der Waals surface area (Å²) in [5, 5.41) is 11.8. The van der Waals surface area contributed by atoms with E-state index in [1.54, 1.807) is 24.3 Å². The monoisotopic (exact) mass is 535 g/mol. The average Bonchev–Trinajstić information content (AvgIpc) is 3.17. The number of rotatable bonds is 8. The van der Waals surface area contributed by atoms with Gasteiger partial charge in [-0.3, -0.25) is 14.5 Å². The van der Waals surface area contributed by atoms with Gasteiger partial charge in [0.1, 0.15) is 23.0 Å². The average molecular weight is 536 g/mol. The molecule has 0 aromatic heterocycles. The number of halogens is 1. The number of carbonyl (C=O) groups is 2. The van der Waals surface area contributed by atoms with Crippen molar-refractivity contribution in [3.8, 4) is 17.2 Å². The van der Waals surface area contributed by atoms with E-state index in [0.717, 1.165) is 5.56 Å². The number of methoxy groups -OCH3 is 2. The number of aliphatic hydroxyl groups is 1. The van der Waals surface area contributed by atoms with Crippen LogP contribution in [0.1, 0.15) is 36.6 Å². The van der Waals surface area contributed by atoms with E-state index in [2.05, 4.69) is 13.8 Å². The van der Waals surface area contributed by atoms with E-state index < -0.39 is 17.7 Å². The zero-order valence-corrected chi connectivity index (χ0v) is 22.7. The summed E-state index contributed by atoms with van der Waals surface area (Å²) < 4.78 is 16.5. The summed E-state index contributed by atoms with van der Waals surface area (Å²) in [4.78, 5) is 28.4. The Labute approximate surface area is 227 Å². The molecule has 0 spiro atoms. The second-order valence-electron chi connectivity index (χ2n) is 9.41. The summed E-state index contributed by atoms with van der Waals surface area (Å²) in [6.45, 7) is 6.56. The van der Waals surface area contributed by atoms with Crippen LogP contribution in [0.5, 0.6) is 17.2 Å². The Hall–Kier alpha value is -3.97. The molecule has 1 heterocycles. The zero-order chi connectivity index (χ0) is 27.6. The lowest BCUT2D eigenvalue weighted by molar-refractivity contribution is -0.132. The van der Waals surface area contributed by atoms with Crippen LogP contribution in [0.2, 0.25) is 5.02 Å². The van der Waals surface area contributed by atoms with Gasteiger partial charge in [0.25, 0.3) is 11.7 Å². The largest absolute Gasteiger partial charge is 0.507 e. The quantitative estimate of drug-likeness (QED) is 0.206. The second-order valence-corrected chi connectivity index (χ2v) is 9.82. The fourth-order valence-electron chi connectivity index (χ4n) is 4.44. The highest BCUT2D eigenvalue weighted by Gasteiger charge is 2.47. The van der Waals surface area contributed by atoms with Gasteiger partial charge in [0.15, 0.2) is 0 Å². The van der Waals surface area contributed by atoms with Crippen LogP contribution in [0.4, 0.5) is 5.69 Å². The summed E-state index contributed by atoms with van der Waals surface area (Å²) in [6.07, 6.45) is 0. The van der Waals surface area contributed by atoms with Gasteiger partial charge in [0.2, 0.25) is 0 Å². The first-order valence-electron chi connectivity index (χ1n) is 12.2. The first kappa shape index (κ1) is 27.1. The molecule has 0 bridgehead atoms. The number of hydrogen-bond donors (Lipinski definition) is 1. The van der Waals surface area contributed by atoms with Crippen molar-refractivity contribution in [1.29, 1.82) is 0 Å². The number of carbonyl (C=O) groups excluding carboxylic acids is 2. The van der Waals surface area contributed by atoms with Crippen LogP contribution in [0.25, 0.3) is 5.76 Å². The molecule has 0 aliphatic carbocycles. The molecule has 1 aliphatic heterocycles. The van der Waals surface area contributed by atoms with Crippen LogP contribution in [0.3, 0.4) is 0 Å². The predicted octanol–water partition coefficient (Wildman–Crippen LogP) is 6.33. The second kappa shape index (κ2) is 11.2. The van der Waals surface area contributed by atoms with Crippen molar-refractivity contribution in [1.82, 2.24) is 0 Å². The maximum Gasteiger partial charge on any atom is 0.300 e. The fraction of sp³-hybridized carbons (Fsp3) is 0.267. The number of aliphatic hydroxyl groups excluding tert-OH is 1. The van der Waals surface area contributed by atoms with Crippen LogP contribution in [0, 0.1) is 12.8 Å². The van der Waals surface area contributed by atoms with Gasteiger partial charge in [-0.25, -0.2) is 0 Å². The first-order chi connectivity index (χ1) is 18.2. The third-order valence-corrected chi connectivity index (χ3v) is 6.65. The van der Waals surface area contributed by atoms with Crippen molar-refractivity contribution in [3.63, 3.8) is 0 Å². The van der Waals surface area contributed by atoms with Gasteiger partial charge >= 0.3 is 0 Å². The maximum atomic E-state index is 13.5. The van der Waals surface area contributed by atoms with Gasteiger partial charge in [-0.2, -0.15) is 0 Å². The topological polar surface area (TPSA) is 85.3 Å². The van der Waals surface area contributed by atoms with Crippen LogP contribution in [-0.4, -0.2) is 37.6 Å². The third kappa shape index (κ3) is 5.07. The highest BCUT2D eigenvalue weighted by molar-refractivity contribution is 6.51. The Morgan fingerprint density at radius 2 is 1.66 bits per heavy atom. The van der Waals surface area contributed by atoms with Crippen LogP contribution in [0.15, 0.2) is 66.2 Å². The van der Waals surface area contributed by atoms with E-state index in [-0.39, 0.29) is 33.4 Å². The van der Waals surface area contributed by atoms with Crippen molar-refractivity contribution < 1.29 is 28.9 Å². The summed E-state index contributed by atoms with van der Waals surface area (Å²) in [5.74, 6) is -0.422. The zero-order valence-electron chi connectivity index (χ0n) is 21.9. The van der Waals surface area contributed by atoms with Gasteiger partial charge in [-0.1, -0.05) is 49.7 Å². The van der Waals surface area contributed by atoms with E-state index in [1.807, 2.05) is 31.2 Å². The van der Waals surface area contributed by atoms with E-state index >= 15 is 0 Å². The van der Waals surface area contributed by atoms with Gasteiger partial charge in [-0.15, -0.1) is 0 Å². The molecule has 1 fully saturated rings. The number of Topliss-reactive ketones (excluding diaryl/α,β-unsaturated/α-hetero) is 1. The van der Waals surface area contributed by atoms with Crippen LogP contribution < -0.4 is 19.1 Å². The molecule has 4 rings (SSSR count). The van der Waals surface area contributed by atoms with Crippen molar-refractivity contribution in [2.24, 2.45) is 5.92 Å². The lowest BCUT2D eigenvalue weighted by Crippen LogP contribution is -2.29. The summed E-state index contributed by atoms with van der Waals surface area (Å²) in [7, 11) is 2.87. The molecular weight excluding hydrogens is 506 g/mol. The normalized spacial score (nSPS) is 16.7. The molecule has 1 atom stereocenters. The SMILES string of the molecule is COc1cc(/C(O)=C2\C(=O)C(=O)N(c3ccc(OCC(C)C)cc3)C2c2ccccc2C)c(OC)cc1Cl. The third-order valence-electron chi connectivity index (χ3n) is 6.35. The van der Waals surface area contributed by atoms with Crippen molar-refractivity contribution in [3.05, 3.63) is 87.9 Å². The smallest absolute Gasteiger partial charge is 0.300 e. The van der Waals surface area contributed by atoms with Crippen molar-refractivity contribution >= 4 is 34.7 Å². The molecule has 1 aliphatic rings. The molecular formula is C30H30ClNO6. The van der Waals surface area contributed by atoms with E-state index in [4.69, 9.17) is 25.8 Å². The number of ether oxygens (including phenoxy) is 3. The molecule has 1 unspecified atom stereocenters. The lowest BCUT2D eigenvalue weighted by atomic mass is 9.92. The highest BCUT2D eigenvalue weighted by atomic mass is 35.5. The minimum Gasteiger partial charge on any atom is -0.507 e. The standard InChI is InChI=1S/C30H30ClNO6/c1-17(2)16-38-20-12-10-19(11-13-20)32-27(21-9-7-6-8-18(21)3)26(29(34)30(32)35)28(33)22-14-25(37-5)23(31)15-24(22)36-4/h6-15,17,27,33H,16H2,1-5H3/b28-26+. The van der Waals surface area contributed by atoms with Crippen LogP contribution >= 0.6 is 11.6 Å². The van der Waals surface area contributed by atoms with E-state index in [0.29, 0.717) is 29.5 Å². The number of amides is 1. The van der Waals surface area contributed by atoms with E-state index in [9.17, 15) is 14.7 Å². The van der Waals surface area contributed by atoms with Gasteiger partial charge in [-0.05, 0) is 54.3 Å². The molecule has 1 saturated heterocycles. The molecule has 3 aromatic carbocycles. The molecule has 1 amide bonds.